The molecule has 1 amide bonds. The summed E-state index contributed by atoms with van der Waals surface area (Å²) < 4.78 is 0. The van der Waals surface area contributed by atoms with Crippen molar-refractivity contribution < 1.29 is 4.79 Å². The monoisotopic (exact) mass is 330 g/mol. The summed E-state index contributed by atoms with van der Waals surface area (Å²) in [7, 11) is 4.11. The van der Waals surface area contributed by atoms with Gasteiger partial charge in [-0.15, -0.1) is 0 Å². The quantitative estimate of drug-likeness (QED) is 0.854. The highest BCUT2D eigenvalue weighted by atomic mass is 16.2. The highest BCUT2D eigenvalue weighted by molar-refractivity contribution is 5.99. The first kappa shape index (κ1) is 17.2. The van der Waals surface area contributed by atoms with Crippen LogP contribution in [0.2, 0.25) is 0 Å². The molecule has 5 heteroatoms. The second-order valence-electron chi connectivity index (χ2n) is 7.23. The first-order chi connectivity index (χ1) is 11.7. The maximum absolute atomic E-state index is 13.1. The summed E-state index contributed by atoms with van der Waals surface area (Å²) in [4.78, 5) is 24.3. The van der Waals surface area contributed by atoms with Crippen LogP contribution in [0.4, 0.5) is 5.82 Å². The minimum Gasteiger partial charge on any atom is -0.356 e. The van der Waals surface area contributed by atoms with Gasteiger partial charge in [0, 0.05) is 32.4 Å². The Balaban J connectivity index is 1.76. The fourth-order valence-corrected chi connectivity index (χ4v) is 3.84. The third-order valence-electron chi connectivity index (χ3n) is 5.48. The molecule has 0 atom stereocenters. The number of rotatable bonds is 3. The van der Waals surface area contributed by atoms with Gasteiger partial charge < -0.3 is 14.7 Å². The number of hydrogen-bond donors (Lipinski definition) is 0. The van der Waals surface area contributed by atoms with Crippen molar-refractivity contribution in [3.63, 3.8) is 0 Å². The molecule has 3 rings (SSSR count). The zero-order valence-electron chi connectivity index (χ0n) is 15.1. The van der Waals surface area contributed by atoms with Gasteiger partial charge in [0.1, 0.15) is 5.82 Å². The fourth-order valence-electron chi connectivity index (χ4n) is 3.84. The van der Waals surface area contributed by atoms with Crippen LogP contribution in [0.1, 0.15) is 48.9 Å². The summed E-state index contributed by atoms with van der Waals surface area (Å²) in [6.07, 6.45) is 8.86. The highest BCUT2D eigenvalue weighted by Gasteiger charge is 2.27. The zero-order valence-corrected chi connectivity index (χ0v) is 15.1. The summed E-state index contributed by atoms with van der Waals surface area (Å²) >= 11 is 0. The minimum absolute atomic E-state index is 0.122. The average molecular weight is 330 g/mol. The van der Waals surface area contributed by atoms with E-state index in [4.69, 9.17) is 0 Å². The number of nitrogens with zero attached hydrogens (tertiary/aromatic N) is 4. The molecular formula is C19H30N4O. The van der Waals surface area contributed by atoms with Gasteiger partial charge in [0.2, 0.25) is 0 Å². The zero-order chi connectivity index (χ0) is 16.9. The van der Waals surface area contributed by atoms with Crippen LogP contribution in [0.3, 0.4) is 0 Å². The van der Waals surface area contributed by atoms with Crippen LogP contribution in [-0.2, 0) is 0 Å². The third kappa shape index (κ3) is 3.89. The second-order valence-corrected chi connectivity index (χ2v) is 7.23. The maximum atomic E-state index is 13.1. The Bertz CT molecular complexity index is 546. The number of anilines is 1. The van der Waals surface area contributed by atoms with Crippen LogP contribution in [-0.4, -0.2) is 67.0 Å². The van der Waals surface area contributed by atoms with Crippen LogP contribution in [0.25, 0.3) is 0 Å². The average Bonchev–Trinajstić information content (AvgIpc) is 2.90. The van der Waals surface area contributed by atoms with E-state index < -0.39 is 0 Å². The molecule has 0 spiro atoms. The van der Waals surface area contributed by atoms with Crippen LogP contribution >= 0.6 is 0 Å². The van der Waals surface area contributed by atoms with Crippen molar-refractivity contribution in [3.05, 3.63) is 23.9 Å². The third-order valence-corrected chi connectivity index (χ3v) is 5.48. The van der Waals surface area contributed by atoms with E-state index in [1.54, 1.807) is 0 Å². The Labute approximate surface area is 145 Å². The SMILES string of the molecule is CN1CCC(N(C)C(=O)c2cccnc2N2CCCCCC2)CC1. The number of likely N-dealkylation sites (tertiary alicyclic amines) is 1. The molecule has 0 saturated carbocycles. The molecule has 2 aliphatic rings. The van der Waals surface area contributed by atoms with Crippen LogP contribution in [0, 0.1) is 0 Å². The van der Waals surface area contributed by atoms with E-state index in [1.807, 2.05) is 30.3 Å². The molecule has 1 aromatic rings. The molecule has 2 fully saturated rings. The van der Waals surface area contributed by atoms with Crippen molar-refractivity contribution in [2.24, 2.45) is 0 Å². The number of piperidine rings is 1. The van der Waals surface area contributed by atoms with E-state index in [1.165, 1.54) is 25.7 Å². The molecule has 2 aliphatic heterocycles. The van der Waals surface area contributed by atoms with E-state index in [9.17, 15) is 4.79 Å². The van der Waals surface area contributed by atoms with E-state index in [0.717, 1.165) is 50.4 Å². The Morgan fingerprint density at radius 1 is 1.12 bits per heavy atom. The Hall–Kier alpha value is -1.62. The molecule has 0 aromatic carbocycles. The molecule has 24 heavy (non-hydrogen) atoms. The van der Waals surface area contributed by atoms with Gasteiger partial charge in [0.15, 0.2) is 0 Å². The standard InChI is InChI=1S/C19H30N4O/c1-21-14-9-16(10-15-21)22(2)19(24)17-8-7-11-20-18(17)23-12-5-3-4-6-13-23/h7-8,11,16H,3-6,9-10,12-15H2,1-2H3. The van der Waals surface area contributed by atoms with Crippen LogP contribution < -0.4 is 4.90 Å². The van der Waals surface area contributed by atoms with E-state index in [2.05, 4.69) is 21.8 Å². The van der Waals surface area contributed by atoms with Gasteiger partial charge in [-0.05, 0) is 58.0 Å². The maximum Gasteiger partial charge on any atom is 0.257 e. The van der Waals surface area contributed by atoms with Crippen molar-refractivity contribution in [1.29, 1.82) is 0 Å². The first-order valence-corrected chi connectivity index (χ1v) is 9.32. The lowest BCUT2D eigenvalue weighted by molar-refractivity contribution is 0.0660. The summed E-state index contributed by atoms with van der Waals surface area (Å²) in [6, 6.07) is 4.17. The lowest BCUT2D eigenvalue weighted by Gasteiger charge is -2.35. The fraction of sp³-hybridized carbons (Fsp3) is 0.684. The number of carbonyl (C=O) groups excluding carboxylic acids is 1. The van der Waals surface area contributed by atoms with E-state index in [0.29, 0.717) is 6.04 Å². The molecule has 0 aliphatic carbocycles. The highest BCUT2D eigenvalue weighted by Crippen LogP contribution is 2.24. The van der Waals surface area contributed by atoms with E-state index in [-0.39, 0.29) is 5.91 Å². The van der Waals surface area contributed by atoms with Crippen molar-refractivity contribution >= 4 is 11.7 Å². The number of carbonyl (C=O) groups is 1. The number of pyridine rings is 1. The van der Waals surface area contributed by atoms with Crippen LogP contribution in [0.15, 0.2) is 18.3 Å². The molecule has 0 unspecified atom stereocenters. The molecule has 132 valence electrons. The first-order valence-electron chi connectivity index (χ1n) is 9.32. The van der Waals surface area contributed by atoms with Gasteiger partial charge in [-0.2, -0.15) is 0 Å². The molecule has 0 bridgehead atoms. The predicted octanol–water partition coefficient (Wildman–Crippen LogP) is 2.63. The van der Waals surface area contributed by atoms with Gasteiger partial charge in [-0.1, -0.05) is 12.8 Å². The van der Waals surface area contributed by atoms with Gasteiger partial charge in [0.05, 0.1) is 5.56 Å². The van der Waals surface area contributed by atoms with Crippen molar-refractivity contribution in [3.8, 4) is 0 Å². The summed E-state index contributed by atoms with van der Waals surface area (Å²) in [5, 5.41) is 0. The number of hydrogen-bond acceptors (Lipinski definition) is 4. The largest absolute Gasteiger partial charge is 0.356 e. The lowest BCUT2D eigenvalue weighted by Crippen LogP contribution is -2.44. The van der Waals surface area contributed by atoms with Crippen molar-refractivity contribution in [2.45, 2.75) is 44.6 Å². The van der Waals surface area contributed by atoms with E-state index >= 15 is 0 Å². The van der Waals surface area contributed by atoms with Crippen molar-refractivity contribution in [2.75, 3.05) is 45.2 Å². The van der Waals surface area contributed by atoms with Crippen LogP contribution in [0.5, 0.6) is 0 Å². The number of amides is 1. The van der Waals surface area contributed by atoms with Gasteiger partial charge in [0.25, 0.3) is 5.91 Å². The Kier molecular flexibility index (Phi) is 5.72. The summed E-state index contributed by atoms with van der Waals surface area (Å²) in [6.45, 7) is 4.15. The minimum atomic E-state index is 0.122. The lowest BCUT2D eigenvalue weighted by atomic mass is 10.0. The summed E-state index contributed by atoms with van der Waals surface area (Å²) in [5.74, 6) is 1.00. The second kappa shape index (κ2) is 7.97. The van der Waals surface area contributed by atoms with Gasteiger partial charge >= 0.3 is 0 Å². The summed E-state index contributed by atoms with van der Waals surface area (Å²) in [5.41, 5.74) is 0.765. The molecule has 2 saturated heterocycles. The van der Waals surface area contributed by atoms with Crippen molar-refractivity contribution in [1.82, 2.24) is 14.8 Å². The molecule has 0 N–H and O–H groups in total. The molecule has 1 aromatic heterocycles. The number of aromatic nitrogens is 1. The topological polar surface area (TPSA) is 39.7 Å². The molecule has 0 radical (unpaired) electrons. The molecule has 5 nitrogen and oxygen atoms in total. The molecule has 3 heterocycles. The Morgan fingerprint density at radius 2 is 1.79 bits per heavy atom. The Morgan fingerprint density at radius 3 is 2.46 bits per heavy atom. The predicted molar refractivity (Wildman–Crippen MR) is 97.5 cm³/mol. The normalized spacial score (nSPS) is 20.7. The molecular weight excluding hydrogens is 300 g/mol. The smallest absolute Gasteiger partial charge is 0.257 e. The van der Waals surface area contributed by atoms with Gasteiger partial charge in [-0.3, -0.25) is 4.79 Å². The van der Waals surface area contributed by atoms with Gasteiger partial charge in [-0.25, -0.2) is 4.98 Å².